The molecule has 1 saturated heterocycles. The van der Waals surface area contributed by atoms with Crippen molar-refractivity contribution in [3.05, 3.63) is 95.6 Å². The molecular weight excluding hydrogens is 510 g/mol. The Bertz CT molecular complexity index is 1090. The predicted molar refractivity (Wildman–Crippen MR) is 153 cm³/mol. The van der Waals surface area contributed by atoms with Gasteiger partial charge in [-0.25, -0.2) is 0 Å². The molecule has 40 heavy (non-hydrogen) atoms. The van der Waals surface area contributed by atoms with Crippen molar-refractivity contribution >= 4 is 0 Å². The number of benzene rings is 3. The molecular formula is C32H41NO7. The van der Waals surface area contributed by atoms with E-state index in [1.807, 2.05) is 78.9 Å². The Morgan fingerprint density at radius 1 is 0.775 bits per heavy atom. The minimum Gasteiger partial charge on any atom is -0.497 e. The van der Waals surface area contributed by atoms with Crippen LogP contribution in [0.4, 0.5) is 0 Å². The SMILES string of the molecule is COc1ccc(C(OC[C@H]2OC(OCCCCCN)[C@H](OC)[C@@H]2O)(c2ccccc2)c2ccc(OC)cc2)cc1. The van der Waals surface area contributed by atoms with E-state index in [0.717, 1.165) is 47.5 Å². The van der Waals surface area contributed by atoms with Gasteiger partial charge in [-0.3, -0.25) is 0 Å². The Hall–Kier alpha value is -2.98. The van der Waals surface area contributed by atoms with Crippen molar-refractivity contribution < 1.29 is 33.5 Å². The molecule has 8 heteroatoms. The zero-order valence-corrected chi connectivity index (χ0v) is 23.5. The molecule has 0 saturated carbocycles. The lowest BCUT2D eigenvalue weighted by atomic mass is 9.80. The van der Waals surface area contributed by atoms with Crippen LogP contribution in [0.1, 0.15) is 36.0 Å². The van der Waals surface area contributed by atoms with E-state index in [1.54, 1.807) is 21.3 Å². The van der Waals surface area contributed by atoms with E-state index in [9.17, 15) is 5.11 Å². The average Bonchev–Trinajstić information content (AvgIpc) is 3.32. The van der Waals surface area contributed by atoms with Gasteiger partial charge in [0.15, 0.2) is 6.29 Å². The molecule has 3 aromatic rings. The summed E-state index contributed by atoms with van der Waals surface area (Å²) in [6.45, 7) is 1.24. The van der Waals surface area contributed by atoms with Gasteiger partial charge in [0.05, 0.1) is 20.8 Å². The normalized spacial score (nSPS) is 20.9. The first kappa shape index (κ1) is 30.0. The van der Waals surface area contributed by atoms with Crippen molar-refractivity contribution in [2.24, 2.45) is 5.73 Å². The molecule has 1 aliphatic heterocycles. The Labute approximate surface area is 236 Å². The van der Waals surface area contributed by atoms with Crippen LogP contribution in [0.3, 0.4) is 0 Å². The van der Waals surface area contributed by atoms with Crippen LogP contribution < -0.4 is 15.2 Å². The fourth-order valence-electron chi connectivity index (χ4n) is 5.13. The third kappa shape index (κ3) is 6.66. The number of hydrogen-bond donors (Lipinski definition) is 2. The van der Waals surface area contributed by atoms with Gasteiger partial charge in [-0.15, -0.1) is 0 Å². The second-order valence-electron chi connectivity index (χ2n) is 9.77. The van der Waals surface area contributed by atoms with Gasteiger partial charge in [-0.1, -0.05) is 54.6 Å². The molecule has 0 radical (unpaired) electrons. The van der Waals surface area contributed by atoms with Crippen LogP contribution in [0.25, 0.3) is 0 Å². The molecule has 0 aliphatic carbocycles. The standard InChI is InChI=1S/C32H41NO7/c1-35-26-16-12-24(13-17-26)32(23-10-6-4-7-11-23,25-14-18-27(36-2)19-15-25)39-22-28-29(34)30(37-3)31(40-28)38-21-9-5-8-20-33/h4,6-7,10-19,28-31,34H,5,8-9,20-22,33H2,1-3H3/t28-,29-,30-,31?/m1/s1. The summed E-state index contributed by atoms with van der Waals surface area (Å²) < 4.78 is 35.5. The molecule has 1 aliphatic rings. The van der Waals surface area contributed by atoms with Crippen molar-refractivity contribution in [3.8, 4) is 11.5 Å². The molecule has 8 nitrogen and oxygen atoms in total. The maximum absolute atomic E-state index is 11.1. The summed E-state index contributed by atoms with van der Waals surface area (Å²) >= 11 is 0. The van der Waals surface area contributed by atoms with Crippen LogP contribution in [0.15, 0.2) is 78.9 Å². The van der Waals surface area contributed by atoms with Gasteiger partial charge in [0.2, 0.25) is 0 Å². The summed E-state index contributed by atoms with van der Waals surface area (Å²) in [5, 5.41) is 11.1. The first-order chi connectivity index (χ1) is 19.6. The van der Waals surface area contributed by atoms with Crippen molar-refractivity contribution in [3.63, 3.8) is 0 Å². The smallest absolute Gasteiger partial charge is 0.186 e. The van der Waals surface area contributed by atoms with Gasteiger partial charge >= 0.3 is 0 Å². The molecule has 4 rings (SSSR count). The van der Waals surface area contributed by atoms with Crippen LogP contribution in [-0.2, 0) is 24.5 Å². The summed E-state index contributed by atoms with van der Waals surface area (Å²) in [5.41, 5.74) is 7.29. The molecule has 4 atom stereocenters. The number of hydrogen-bond acceptors (Lipinski definition) is 8. The highest BCUT2D eigenvalue weighted by Gasteiger charge is 2.47. The van der Waals surface area contributed by atoms with E-state index in [1.165, 1.54) is 0 Å². The molecule has 216 valence electrons. The summed E-state index contributed by atoms with van der Waals surface area (Å²) in [7, 11) is 4.83. The number of nitrogens with two attached hydrogens (primary N) is 1. The van der Waals surface area contributed by atoms with E-state index in [4.69, 9.17) is 34.2 Å². The number of aliphatic hydroxyl groups is 1. The third-order valence-electron chi connectivity index (χ3n) is 7.33. The molecule has 0 amide bonds. The highest BCUT2D eigenvalue weighted by atomic mass is 16.7. The Morgan fingerprint density at radius 3 is 1.88 bits per heavy atom. The number of aliphatic hydroxyl groups excluding tert-OH is 1. The molecule has 3 aromatic carbocycles. The minimum absolute atomic E-state index is 0.0843. The molecule has 1 fully saturated rings. The van der Waals surface area contributed by atoms with Gasteiger partial charge in [-0.05, 0) is 66.8 Å². The number of ether oxygens (including phenoxy) is 6. The Kier molecular flexibility index (Phi) is 10.9. The fourth-order valence-corrected chi connectivity index (χ4v) is 5.13. The highest BCUT2D eigenvalue weighted by molar-refractivity contribution is 5.49. The summed E-state index contributed by atoms with van der Waals surface area (Å²) in [5.74, 6) is 1.48. The number of unbranched alkanes of at least 4 members (excludes halogenated alkanes) is 2. The van der Waals surface area contributed by atoms with Gasteiger partial charge in [-0.2, -0.15) is 0 Å². The van der Waals surface area contributed by atoms with Crippen LogP contribution in [-0.4, -0.2) is 70.8 Å². The maximum Gasteiger partial charge on any atom is 0.186 e. The van der Waals surface area contributed by atoms with Gasteiger partial charge in [0.25, 0.3) is 0 Å². The maximum atomic E-state index is 11.1. The number of rotatable bonds is 15. The summed E-state index contributed by atoms with van der Waals surface area (Å²) in [6.07, 6.45) is -0.149. The van der Waals surface area contributed by atoms with E-state index < -0.39 is 30.2 Å². The molecule has 0 aromatic heterocycles. The summed E-state index contributed by atoms with van der Waals surface area (Å²) in [4.78, 5) is 0. The van der Waals surface area contributed by atoms with Crippen molar-refractivity contribution in [2.75, 3.05) is 41.1 Å². The highest BCUT2D eigenvalue weighted by Crippen LogP contribution is 2.42. The lowest BCUT2D eigenvalue weighted by Crippen LogP contribution is -2.40. The fraction of sp³-hybridized carbons (Fsp3) is 0.438. The van der Waals surface area contributed by atoms with Crippen molar-refractivity contribution in [1.29, 1.82) is 0 Å². The lowest BCUT2D eigenvalue weighted by Gasteiger charge is -2.37. The van der Waals surface area contributed by atoms with Gasteiger partial charge < -0.3 is 39.3 Å². The largest absolute Gasteiger partial charge is 0.497 e. The monoisotopic (exact) mass is 551 g/mol. The van der Waals surface area contributed by atoms with Crippen LogP contribution in [0, 0.1) is 0 Å². The van der Waals surface area contributed by atoms with Crippen LogP contribution in [0.2, 0.25) is 0 Å². The Balaban J connectivity index is 1.66. The quantitative estimate of drug-likeness (QED) is 0.214. The molecule has 3 N–H and O–H groups in total. The molecule has 1 unspecified atom stereocenters. The van der Waals surface area contributed by atoms with Crippen LogP contribution >= 0.6 is 0 Å². The zero-order valence-electron chi connectivity index (χ0n) is 23.5. The van der Waals surface area contributed by atoms with Gasteiger partial charge in [0.1, 0.15) is 35.4 Å². The predicted octanol–water partition coefficient (Wildman–Crippen LogP) is 4.26. The van der Waals surface area contributed by atoms with E-state index in [0.29, 0.717) is 13.2 Å². The average molecular weight is 552 g/mol. The topological polar surface area (TPSA) is 102 Å². The van der Waals surface area contributed by atoms with Crippen molar-refractivity contribution in [1.82, 2.24) is 0 Å². The Morgan fingerprint density at radius 2 is 1.35 bits per heavy atom. The second kappa shape index (κ2) is 14.6. The van der Waals surface area contributed by atoms with E-state index >= 15 is 0 Å². The van der Waals surface area contributed by atoms with E-state index in [2.05, 4.69) is 0 Å². The third-order valence-corrected chi connectivity index (χ3v) is 7.33. The summed E-state index contributed by atoms with van der Waals surface area (Å²) in [6, 6.07) is 25.6. The van der Waals surface area contributed by atoms with E-state index in [-0.39, 0.29) is 6.61 Å². The molecule has 0 spiro atoms. The molecule has 0 bridgehead atoms. The first-order valence-electron chi connectivity index (χ1n) is 13.7. The lowest BCUT2D eigenvalue weighted by molar-refractivity contribution is -0.181. The molecule has 1 heterocycles. The van der Waals surface area contributed by atoms with Crippen LogP contribution in [0.5, 0.6) is 11.5 Å². The van der Waals surface area contributed by atoms with Gasteiger partial charge in [0, 0.05) is 13.7 Å². The number of methoxy groups -OCH3 is 3. The second-order valence-corrected chi connectivity index (χ2v) is 9.77. The van der Waals surface area contributed by atoms with Crippen molar-refractivity contribution in [2.45, 2.75) is 49.5 Å². The zero-order chi connectivity index (χ0) is 28.4. The first-order valence-corrected chi connectivity index (χ1v) is 13.7. The minimum atomic E-state index is -1.02.